The highest BCUT2D eigenvalue weighted by molar-refractivity contribution is 6.33. The summed E-state index contributed by atoms with van der Waals surface area (Å²) < 4.78 is 7.56. The van der Waals surface area contributed by atoms with E-state index in [2.05, 4.69) is 0 Å². The summed E-state index contributed by atoms with van der Waals surface area (Å²) in [5, 5.41) is 18.3. The van der Waals surface area contributed by atoms with Crippen LogP contribution in [-0.2, 0) is 16.1 Å². The molecule has 0 bridgehead atoms. The molecule has 1 heterocycles. The zero-order valence-electron chi connectivity index (χ0n) is 21.3. The molecule has 0 aliphatic heterocycles. The Balaban J connectivity index is 1.45. The van der Waals surface area contributed by atoms with E-state index in [4.69, 9.17) is 31.5 Å². The minimum atomic E-state index is -0.824. The van der Waals surface area contributed by atoms with Gasteiger partial charge in [-0.1, -0.05) is 72.3 Å². The smallest absolute Gasteiger partial charge is 0.303 e. The summed E-state index contributed by atoms with van der Waals surface area (Å²) >= 11 is 6.38. The van der Waals surface area contributed by atoms with Crippen LogP contribution in [0, 0.1) is 0 Å². The summed E-state index contributed by atoms with van der Waals surface area (Å²) in [7, 11) is 0. The maximum absolute atomic E-state index is 11.0. The standard InChI is InChI=1S/C31H29ClN2O5/c32-27-6-2-1-5-26(27)28-21-34(19-3-7-30(35)36)29(33-28)18-11-22-9-12-23(13-10-22)24-14-16-25(17-15-24)39-20-4-8-31(37)38/h1-2,5-6,9-18,21H,3-4,7-8,19-20H2,(H,35,36)(H,37,38). The molecule has 4 aromatic rings. The third kappa shape index (κ3) is 8.06. The predicted octanol–water partition coefficient (Wildman–Crippen LogP) is 7.15. The van der Waals surface area contributed by atoms with Gasteiger partial charge in [-0.05, 0) is 53.8 Å². The first-order valence-electron chi connectivity index (χ1n) is 12.7. The van der Waals surface area contributed by atoms with E-state index in [0.29, 0.717) is 36.8 Å². The van der Waals surface area contributed by atoms with Gasteiger partial charge in [-0.2, -0.15) is 0 Å². The molecule has 8 heteroatoms. The zero-order valence-corrected chi connectivity index (χ0v) is 22.1. The molecular formula is C31H29ClN2O5. The van der Waals surface area contributed by atoms with Crippen LogP contribution in [0.3, 0.4) is 0 Å². The Morgan fingerprint density at radius 2 is 1.49 bits per heavy atom. The molecule has 0 saturated heterocycles. The Kier molecular flexibility index (Phi) is 9.53. The van der Waals surface area contributed by atoms with Crippen LogP contribution in [0.15, 0.2) is 79.0 Å². The topological polar surface area (TPSA) is 102 Å². The van der Waals surface area contributed by atoms with E-state index in [9.17, 15) is 9.59 Å². The first-order chi connectivity index (χ1) is 18.9. The van der Waals surface area contributed by atoms with Gasteiger partial charge < -0.3 is 19.5 Å². The zero-order chi connectivity index (χ0) is 27.6. The molecule has 0 aliphatic rings. The Morgan fingerprint density at radius 1 is 0.846 bits per heavy atom. The number of nitrogens with zero attached hydrogens (tertiary/aromatic N) is 2. The molecule has 200 valence electrons. The normalized spacial score (nSPS) is 11.1. The number of aliphatic carboxylic acids is 2. The van der Waals surface area contributed by atoms with Crippen LogP contribution in [0.4, 0.5) is 0 Å². The lowest BCUT2D eigenvalue weighted by molar-refractivity contribution is -0.138. The van der Waals surface area contributed by atoms with Crippen LogP contribution in [0.2, 0.25) is 5.02 Å². The van der Waals surface area contributed by atoms with Gasteiger partial charge in [0.05, 0.1) is 17.3 Å². The number of imidazole rings is 1. The maximum atomic E-state index is 11.0. The number of ether oxygens (including phenoxy) is 1. The van der Waals surface area contributed by atoms with Gasteiger partial charge in [-0.15, -0.1) is 0 Å². The largest absolute Gasteiger partial charge is 0.494 e. The third-order valence-corrected chi connectivity index (χ3v) is 6.40. The third-order valence-electron chi connectivity index (χ3n) is 6.07. The lowest BCUT2D eigenvalue weighted by Crippen LogP contribution is -2.02. The van der Waals surface area contributed by atoms with Crippen LogP contribution in [-0.4, -0.2) is 38.3 Å². The number of carboxylic acid groups (broad SMARTS) is 2. The Hall–Kier alpha value is -4.36. The summed E-state index contributed by atoms with van der Waals surface area (Å²) in [4.78, 5) is 26.4. The maximum Gasteiger partial charge on any atom is 0.303 e. The van der Waals surface area contributed by atoms with Gasteiger partial charge in [0.2, 0.25) is 0 Å². The molecule has 2 N–H and O–H groups in total. The summed E-state index contributed by atoms with van der Waals surface area (Å²) in [5.74, 6) is -0.219. The molecule has 0 radical (unpaired) electrons. The number of aryl methyl sites for hydroxylation is 1. The number of aromatic nitrogens is 2. The van der Waals surface area contributed by atoms with Crippen molar-refractivity contribution in [3.05, 3.63) is 95.4 Å². The van der Waals surface area contributed by atoms with Gasteiger partial charge in [0.25, 0.3) is 0 Å². The molecule has 0 aliphatic carbocycles. The summed E-state index contributed by atoms with van der Waals surface area (Å²) in [6.07, 6.45) is 6.95. The van der Waals surface area contributed by atoms with Crippen molar-refractivity contribution >= 4 is 35.7 Å². The van der Waals surface area contributed by atoms with E-state index in [1.807, 2.05) is 95.7 Å². The number of benzene rings is 3. The highest BCUT2D eigenvalue weighted by atomic mass is 35.5. The van der Waals surface area contributed by atoms with Crippen LogP contribution in [0.5, 0.6) is 5.75 Å². The van der Waals surface area contributed by atoms with Gasteiger partial charge >= 0.3 is 11.9 Å². The van der Waals surface area contributed by atoms with Crippen molar-refractivity contribution in [3.8, 4) is 28.1 Å². The Bertz CT molecular complexity index is 1440. The Labute approximate surface area is 232 Å². The first kappa shape index (κ1) is 27.7. The molecule has 1 aromatic heterocycles. The minimum absolute atomic E-state index is 0.0854. The number of rotatable bonds is 13. The fraction of sp³-hybridized carbons (Fsp3) is 0.194. The average molecular weight is 545 g/mol. The SMILES string of the molecule is O=C(O)CCCOc1ccc(-c2ccc(C=Cc3nc(-c4ccccc4Cl)cn3CCCC(=O)O)cc2)cc1. The second-order valence-electron chi connectivity index (χ2n) is 8.98. The van der Waals surface area contributed by atoms with Crippen LogP contribution in [0.1, 0.15) is 37.1 Å². The number of hydrogen-bond donors (Lipinski definition) is 2. The molecule has 3 aromatic carbocycles. The minimum Gasteiger partial charge on any atom is -0.494 e. The molecule has 0 amide bonds. The van der Waals surface area contributed by atoms with Crippen molar-refractivity contribution in [1.29, 1.82) is 0 Å². The van der Waals surface area contributed by atoms with Gasteiger partial charge in [-0.3, -0.25) is 9.59 Å². The molecule has 0 unspecified atom stereocenters. The number of hydrogen-bond acceptors (Lipinski definition) is 4. The predicted molar refractivity (Wildman–Crippen MR) is 153 cm³/mol. The molecular weight excluding hydrogens is 516 g/mol. The summed E-state index contributed by atoms with van der Waals surface area (Å²) in [6, 6.07) is 23.3. The molecule has 0 saturated carbocycles. The molecule has 4 rings (SSSR count). The number of carbonyl (C=O) groups is 2. The van der Waals surface area contributed by atoms with Crippen molar-refractivity contribution < 1.29 is 24.5 Å². The van der Waals surface area contributed by atoms with Crippen LogP contribution < -0.4 is 4.74 Å². The van der Waals surface area contributed by atoms with E-state index < -0.39 is 11.9 Å². The molecule has 0 fully saturated rings. The van der Waals surface area contributed by atoms with Crippen molar-refractivity contribution in [2.45, 2.75) is 32.2 Å². The average Bonchev–Trinajstić information content (AvgIpc) is 3.33. The van der Waals surface area contributed by atoms with E-state index in [1.165, 1.54) is 0 Å². The second-order valence-corrected chi connectivity index (χ2v) is 9.39. The fourth-order valence-corrected chi connectivity index (χ4v) is 4.29. The number of halogens is 1. The second kappa shape index (κ2) is 13.4. The number of carboxylic acids is 2. The summed E-state index contributed by atoms with van der Waals surface area (Å²) in [6.45, 7) is 0.895. The quantitative estimate of drug-likeness (QED) is 0.173. The Morgan fingerprint density at radius 3 is 2.15 bits per heavy atom. The van der Waals surface area contributed by atoms with Crippen molar-refractivity contribution in [3.63, 3.8) is 0 Å². The van der Waals surface area contributed by atoms with Crippen molar-refractivity contribution in [2.24, 2.45) is 0 Å². The van der Waals surface area contributed by atoms with Gasteiger partial charge in [0, 0.05) is 31.1 Å². The molecule has 0 spiro atoms. The highest BCUT2D eigenvalue weighted by Gasteiger charge is 2.11. The van der Waals surface area contributed by atoms with E-state index >= 15 is 0 Å². The molecule has 39 heavy (non-hydrogen) atoms. The highest BCUT2D eigenvalue weighted by Crippen LogP contribution is 2.28. The van der Waals surface area contributed by atoms with Gasteiger partial charge in [0.1, 0.15) is 11.6 Å². The summed E-state index contributed by atoms with van der Waals surface area (Å²) in [5.41, 5.74) is 4.66. The molecule has 7 nitrogen and oxygen atoms in total. The lowest BCUT2D eigenvalue weighted by atomic mass is 10.0. The monoisotopic (exact) mass is 544 g/mol. The van der Waals surface area contributed by atoms with Crippen LogP contribution >= 0.6 is 11.6 Å². The van der Waals surface area contributed by atoms with Gasteiger partial charge in [-0.25, -0.2) is 4.98 Å². The van der Waals surface area contributed by atoms with Crippen molar-refractivity contribution in [1.82, 2.24) is 9.55 Å². The van der Waals surface area contributed by atoms with Crippen LogP contribution in [0.25, 0.3) is 34.5 Å². The lowest BCUT2D eigenvalue weighted by Gasteiger charge is -2.07. The first-order valence-corrected chi connectivity index (χ1v) is 13.0. The van der Waals surface area contributed by atoms with Crippen molar-refractivity contribution in [2.75, 3.05) is 6.61 Å². The fourth-order valence-electron chi connectivity index (χ4n) is 4.06. The molecule has 0 atom stereocenters. The van der Waals surface area contributed by atoms with E-state index in [-0.39, 0.29) is 12.8 Å². The van der Waals surface area contributed by atoms with Gasteiger partial charge in [0.15, 0.2) is 0 Å². The van der Waals surface area contributed by atoms with E-state index in [0.717, 1.165) is 33.8 Å². The van der Waals surface area contributed by atoms with E-state index in [1.54, 1.807) is 0 Å².